The van der Waals surface area contributed by atoms with Gasteiger partial charge in [-0.3, -0.25) is 9.36 Å². The average Bonchev–Trinajstić information content (AvgIpc) is 2.68. The van der Waals surface area contributed by atoms with Crippen LogP contribution in [-0.2, 0) is 0 Å². The molecule has 0 aliphatic rings. The van der Waals surface area contributed by atoms with E-state index in [1.165, 1.54) is 12.1 Å². The average molecular weight is 389 g/mol. The molecule has 6 heteroatoms. The Labute approximate surface area is 163 Å². The van der Waals surface area contributed by atoms with Gasteiger partial charge in [-0.05, 0) is 36.8 Å². The van der Waals surface area contributed by atoms with Crippen LogP contribution >= 0.6 is 11.6 Å². The summed E-state index contributed by atoms with van der Waals surface area (Å²) in [6.07, 6.45) is 3.03. The summed E-state index contributed by atoms with van der Waals surface area (Å²) in [4.78, 5) is 18.1. The molecule has 3 rings (SSSR count). The second-order valence-corrected chi connectivity index (χ2v) is 7.03. The molecule has 2 aromatic carbocycles. The molecule has 142 valence electrons. The van der Waals surface area contributed by atoms with Crippen molar-refractivity contribution >= 4 is 22.5 Å². The number of quaternary nitrogens is 1. The molecular formula is C21H24ClFN3O+. The Bertz CT molecular complexity index is 1000. The Balaban J connectivity index is 2.23. The van der Waals surface area contributed by atoms with Crippen LogP contribution in [0.1, 0.15) is 45.0 Å². The number of hydrogen-bond donors (Lipinski definition) is 1. The number of nitrogens with two attached hydrogens (primary N) is 1. The topological polar surface area (TPSA) is 51.5 Å². The second-order valence-electron chi connectivity index (χ2n) is 6.62. The van der Waals surface area contributed by atoms with Crippen LogP contribution < -0.4 is 10.9 Å². The standard InChI is InChI=1S/C21H23ClFN3O/c1-3-5-12-24-18(4-2)20-25-19-9-7-6-8-15(19)21(27)26(20)14-10-11-17(23)16(22)13-14/h6-11,13,18,24H,3-5,12H2,1-2H3/p+1/t18-/m1/s1. The molecule has 4 nitrogen and oxygen atoms in total. The molecule has 3 aromatic rings. The lowest BCUT2D eigenvalue weighted by Gasteiger charge is -2.19. The fraction of sp³-hybridized carbons (Fsp3) is 0.333. The normalized spacial score (nSPS) is 12.4. The fourth-order valence-electron chi connectivity index (χ4n) is 3.25. The Hall–Kier alpha value is -2.24. The van der Waals surface area contributed by atoms with Crippen LogP contribution in [0.2, 0.25) is 5.02 Å². The third-order valence-electron chi connectivity index (χ3n) is 4.74. The van der Waals surface area contributed by atoms with E-state index in [1.54, 1.807) is 16.7 Å². The van der Waals surface area contributed by atoms with Gasteiger partial charge in [-0.1, -0.05) is 44.0 Å². The number of halogens is 2. The molecule has 0 fully saturated rings. The van der Waals surface area contributed by atoms with Crippen molar-refractivity contribution < 1.29 is 9.71 Å². The minimum Gasteiger partial charge on any atom is -0.338 e. The van der Waals surface area contributed by atoms with Gasteiger partial charge in [0.2, 0.25) is 0 Å². The predicted molar refractivity (Wildman–Crippen MR) is 107 cm³/mol. The first-order chi connectivity index (χ1) is 13.1. The summed E-state index contributed by atoms with van der Waals surface area (Å²) in [5.41, 5.74) is 1.03. The number of rotatable bonds is 7. The SMILES string of the molecule is CCCC[NH2+][C@H](CC)c1nc2ccccc2c(=O)n1-c1ccc(F)c(Cl)c1. The highest BCUT2D eigenvalue weighted by Gasteiger charge is 2.22. The first-order valence-corrected chi connectivity index (χ1v) is 9.75. The number of benzene rings is 2. The van der Waals surface area contributed by atoms with Gasteiger partial charge in [-0.25, -0.2) is 9.37 Å². The molecule has 0 aliphatic heterocycles. The molecule has 0 amide bonds. The van der Waals surface area contributed by atoms with Crippen LogP contribution in [0, 0.1) is 5.82 Å². The lowest BCUT2D eigenvalue weighted by atomic mass is 10.1. The molecule has 1 heterocycles. The van der Waals surface area contributed by atoms with E-state index in [9.17, 15) is 9.18 Å². The molecule has 0 saturated heterocycles. The number of para-hydroxylation sites is 1. The van der Waals surface area contributed by atoms with E-state index in [-0.39, 0.29) is 16.6 Å². The van der Waals surface area contributed by atoms with Crippen molar-refractivity contribution in [3.8, 4) is 5.69 Å². The van der Waals surface area contributed by atoms with Crippen LogP contribution in [0.25, 0.3) is 16.6 Å². The summed E-state index contributed by atoms with van der Waals surface area (Å²) in [7, 11) is 0. The van der Waals surface area contributed by atoms with Gasteiger partial charge in [-0.2, -0.15) is 0 Å². The number of nitrogens with zero attached hydrogens (tertiary/aromatic N) is 2. The lowest BCUT2D eigenvalue weighted by molar-refractivity contribution is -0.697. The van der Waals surface area contributed by atoms with E-state index in [4.69, 9.17) is 16.6 Å². The van der Waals surface area contributed by atoms with Crippen LogP contribution in [0.3, 0.4) is 0 Å². The Morgan fingerprint density at radius 1 is 1.22 bits per heavy atom. The predicted octanol–water partition coefficient (Wildman–Crippen LogP) is 3.99. The number of aromatic nitrogens is 2. The molecule has 0 spiro atoms. The summed E-state index contributed by atoms with van der Waals surface area (Å²) in [6.45, 7) is 5.19. The highest BCUT2D eigenvalue weighted by molar-refractivity contribution is 6.30. The molecule has 2 N–H and O–H groups in total. The van der Waals surface area contributed by atoms with E-state index in [1.807, 2.05) is 18.2 Å². The Kier molecular flexibility index (Phi) is 6.24. The van der Waals surface area contributed by atoms with Crippen molar-refractivity contribution in [2.75, 3.05) is 6.54 Å². The minimum absolute atomic E-state index is 0.0125. The molecule has 0 bridgehead atoms. The first kappa shape index (κ1) is 19.5. The van der Waals surface area contributed by atoms with Gasteiger partial charge in [0.25, 0.3) is 5.56 Å². The van der Waals surface area contributed by atoms with Crippen molar-refractivity contribution in [1.29, 1.82) is 0 Å². The third kappa shape index (κ3) is 4.04. The van der Waals surface area contributed by atoms with E-state index in [2.05, 4.69) is 19.2 Å². The maximum absolute atomic E-state index is 13.7. The summed E-state index contributed by atoms with van der Waals surface area (Å²) in [5.74, 6) is 0.158. The highest BCUT2D eigenvalue weighted by atomic mass is 35.5. The zero-order chi connectivity index (χ0) is 19.4. The molecule has 0 saturated carbocycles. The quantitative estimate of drug-likeness (QED) is 0.622. The largest absolute Gasteiger partial charge is 0.338 e. The van der Waals surface area contributed by atoms with E-state index >= 15 is 0 Å². The van der Waals surface area contributed by atoms with Crippen molar-refractivity contribution in [2.45, 2.75) is 39.2 Å². The summed E-state index contributed by atoms with van der Waals surface area (Å²) < 4.78 is 15.2. The van der Waals surface area contributed by atoms with E-state index in [0.29, 0.717) is 22.4 Å². The van der Waals surface area contributed by atoms with Crippen molar-refractivity contribution in [2.24, 2.45) is 0 Å². The van der Waals surface area contributed by atoms with Crippen molar-refractivity contribution in [3.63, 3.8) is 0 Å². The first-order valence-electron chi connectivity index (χ1n) is 9.37. The van der Waals surface area contributed by atoms with Crippen LogP contribution in [-0.4, -0.2) is 16.1 Å². The van der Waals surface area contributed by atoms with E-state index < -0.39 is 5.82 Å². The molecular weight excluding hydrogens is 365 g/mol. The fourth-order valence-corrected chi connectivity index (χ4v) is 3.42. The van der Waals surface area contributed by atoms with Gasteiger partial charge in [-0.15, -0.1) is 0 Å². The molecule has 0 unspecified atom stereocenters. The van der Waals surface area contributed by atoms with Crippen molar-refractivity contribution in [1.82, 2.24) is 9.55 Å². The highest BCUT2D eigenvalue weighted by Crippen LogP contribution is 2.22. The summed E-state index contributed by atoms with van der Waals surface area (Å²) in [5, 5.41) is 2.74. The summed E-state index contributed by atoms with van der Waals surface area (Å²) in [6, 6.07) is 11.7. The van der Waals surface area contributed by atoms with Gasteiger partial charge in [0.1, 0.15) is 11.9 Å². The smallest absolute Gasteiger partial charge is 0.266 e. The number of unbranched alkanes of at least 4 members (excludes halogenated alkanes) is 1. The van der Waals surface area contributed by atoms with E-state index in [0.717, 1.165) is 25.8 Å². The van der Waals surface area contributed by atoms with Crippen molar-refractivity contribution in [3.05, 3.63) is 69.5 Å². The van der Waals surface area contributed by atoms with Gasteiger partial charge in [0, 0.05) is 6.42 Å². The maximum Gasteiger partial charge on any atom is 0.266 e. The Morgan fingerprint density at radius 3 is 2.70 bits per heavy atom. The van der Waals surface area contributed by atoms with Crippen LogP contribution in [0.15, 0.2) is 47.3 Å². The van der Waals surface area contributed by atoms with Gasteiger partial charge < -0.3 is 5.32 Å². The molecule has 0 radical (unpaired) electrons. The third-order valence-corrected chi connectivity index (χ3v) is 5.03. The molecule has 27 heavy (non-hydrogen) atoms. The van der Waals surface area contributed by atoms with Crippen LogP contribution in [0.5, 0.6) is 0 Å². The summed E-state index contributed by atoms with van der Waals surface area (Å²) >= 11 is 5.98. The number of fused-ring (bicyclic) bond motifs is 1. The zero-order valence-electron chi connectivity index (χ0n) is 15.6. The molecule has 1 aromatic heterocycles. The minimum atomic E-state index is -0.509. The zero-order valence-corrected chi connectivity index (χ0v) is 16.3. The maximum atomic E-state index is 13.7. The number of hydrogen-bond acceptors (Lipinski definition) is 2. The molecule has 0 aliphatic carbocycles. The lowest BCUT2D eigenvalue weighted by Crippen LogP contribution is -2.85. The second kappa shape index (κ2) is 8.63. The van der Waals surface area contributed by atoms with Crippen LogP contribution in [0.4, 0.5) is 4.39 Å². The monoisotopic (exact) mass is 388 g/mol. The molecule has 1 atom stereocenters. The Morgan fingerprint density at radius 2 is 2.00 bits per heavy atom. The van der Waals surface area contributed by atoms with Gasteiger partial charge in [0.05, 0.1) is 28.2 Å². The van der Waals surface area contributed by atoms with Gasteiger partial charge in [0.15, 0.2) is 5.82 Å². The van der Waals surface area contributed by atoms with Gasteiger partial charge >= 0.3 is 0 Å².